The molecular weight excluding hydrogens is 650 g/mol. The van der Waals surface area contributed by atoms with Crippen LogP contribution in [-0.4, -0.2) is 90.9 Å². The molecule has 0 radical (unpaired) electrons. The Morgan fingerprint density at radius 1 is 1.40 bits per heavy atom. The molecule has 45 heavy (non-hydrogen) atoms. The van der Waals surface area contributed by atoms with E-state index in [1.165, 1.54) is 18.7 Å². The van der Waals surface area contributed by atoms with Gasteiger partial charge in [0.1, 0.15) is 33.5 Å². The molecule has 0 saturated carbocycles. The number of carbonyl (C=O) groups excluding carboxylic acids is 3. The first kappa shape index (κ1) is 32.1. The molecule has 0 aliphatic carbocycles. The molecular formula is C26H28ClN9O7S2. The van der Waals surface area contributed by atoms with Gasteiger partial charge in [0.25, 0.3) is 11.8 Å². The summed E-state index contributed by atoms with van der Waals surface area (Å²) in [5.74, 6) is -4.27. The number of pyridine rings is 1. The molecule has 5 rings (SSSR count). The number of halogens is 1. The molecule has 0 bridgehead atoms. The molecule has 5 N–H and O–H groups in total. The molecule has 1 unspecified atom stereocenters. The van der Waals surface area contributed by atoms with Gasteiger partial charge in [-0.15, -0.1) is 11.8 Å². The second-order valence-electron chi connectivity index (χ2n) is 10.0. The lowest BCUT2D eigenvalue weighted by Crippen LogP contribution is -2.71. The van der Waals surface area contributed by atoms with Crippen LogP contribution in [0.5, 0.6) is 0 Å². The number of carboxylic acids is 2. The van der Waals surface area contributed by atoms with Gasteiger partial charge in [-0.3, -0.25) is 14.5 Å². The standard InChI is InChI=1S/C26H28ClN9O7S2/c1-12(24(39)40)43-33-16(15-19(27)45-26(28)32-15)21(37)31-17-22(38)36-18(25(41)42)13(10-44-23(17)36)9-34-7-3-5-14-20(34)30-11-35(14)8-4-6-29-2/h3,5,7,11-12,17,23,29H,4,6,8-10H2,1-2H3,(H4-,28,31,32,37,39,40,41,42)/b33-16-/t12-,17+,23?/m0/s1. The zero-order valence-corrected chi connectivity index (χ0v) is 26.3. The molecule has 3 aromatic heterocycles. The van der Waals surface area contributed by atoms with Crippen LogP contribution in [0.15, 0.2) is 41.1 Å². The summed E-state index contributed by atoms with van der Waals surface area (Å²) < 4.78 is 3.83. The van der Waals surface area contributed by atoms with E-state index in [1.54, 1.807) is 12.5 Å². The Morgan fingerprint density at radius 2 is 2.18 bits per heavy atom. The van der Waals surface area contributed by atoms with E-state index in [2.05, 4.69) is 25.8 Å². The fraction of sp³-hybridized carbons (Fsp3) is 0.385. The van der Waals surface area contributed by atoms with Crippen LogP contribution < -0.4 is 26.0 Å². The third-order valence-corrected chi connectivity index (χ3v) is 9.48. The summed E-state index contributed by atoms with van der Waals surface area (Å²) >= 11 is 8.28. The van der Waals surface area contributed by atoms with E-state index < -0.39 is 47.0 Å². The Morgan fingerprint density at radius 3 is 2.84 bits per heavy atom. The summed E-state index contributed by atoms with van der Waals surface area (Å²) in [6.07, 6.45) is 3.01. The van der Waals surface area contributed by atoms with E-state index in [9.17, 15) is 24.3 Å². The van der Waals surface area contributed by atoms with Crippen LogP contribution in [0.3, 0.4) is 0 Å². The van der Waals surface area contributed by atoms with E-state index in [4.69, 9.17) is 27.3 Å². The van der Waals surface area contributed by atoms with Crippen molar-refractivity contribution in [2.75, 3.05) is 25.1 Å². The quantitative estimate of drug-likeness (QED) is 0.0558. The minimum Gasteiger partial charge on any atom is -0.543 e. The van der Waals surface area contributed by atoms with Crippen LogP contribution in [0, 0.1) is 0 Å². The number of hydrogen-bond donors (Lipinski definition) is 4. The molecule has 238 valence electrons. The molecule has 0 spiro atoms. The van der Waals surface area contributed by atoms with Crippen LogP contribution in [-0.2, 0) is 37.1 Å². The van der Waals surface area contributed by atoms with Gasteiger partial charge >= 0.3 is 11.6 Å². The first-order chi connectivity index (χ1) is 21.5. The van der Waals surface area contributed by atoms with E-state index in [0.717, 1.165) is 41.3 Å². The van der Waals surface area contributed by atoms with Crippen LogP contribution in [0.2, 0.25) is 4.34 Å². The molecule has 2 aliphatic rings. The van der Waals surface area contributed by atoms with Crippen molar-refractivity contribution in [3.05, 3.63) is 46.0 Å². The Balaban J connectivity index is 1.36. The molecule has 16 nitrogen and oxygen atoms in total. The molecule has 3 atom stereocenters. The van der Waals surface area contributed by atoms with E-state index in [-0.39, 0.29) is 33.2 Å². The summed E-state index contributed by atoms with van der Waals surface area (Å²) in [7, 11) is 1.88. The number of aromatic nitrogens is 4. The van der Waals surface area contributed by atoms with Gasteiger partial charge in [0, 0.05) is 17.9 Å². The third-order valence-electron chi connectivity index (χ3n) is 7.06. The van der Waals surface area contributed by atoms with Crippen LogP contribution in [0.1, 0.15) is 19.0 Å². The lowest BCUT2D eigenvalue weighted by molar-refractivity contribution is -0.664. The zero-order chi connectivity index (χ0) is 32.4. The number of amides is 2. The van der Waals surface area contributed by atoms with Crippen molar-refractivity contribution in [3.8, 4) is 0 Å². The number of aliphatic carboxylic acids is 2. The average molecular weight is 678 g/mol. The highest BCUT2D eigenvalue weighted by Gasteiger charge is 2.53. The van der Waals surface area contributed by atoms with Crippen LogP contribution in [0.25, 0.3) is 11.2 Å². The maximum atomic E-state index is 13.3. The normalized spacial score (nSPS) is 18.9. The fourth-order valence-electron chi connectivity index (χ4n) is 4.85. The largest absolute Gasteiger partial charge is 0.543 e. The Kier molecular flexibility index (Phi) is 9.56. The number of hydrogen-bond acceptors (Lipinski definition) is 13. The topological polar surface area (TPSA) is 221 Å². The Bertz CT molecular complexity index is 1740. The highest BCUT2D eigenvalue weighted by atomic mass is 35.5. The van der Waals surface area contributed by atoms with Crippen molar-refractivity contribution in [2.24, 2.45) is 5.16 Å². The second-order valence-corrected chi connectivity index (χ2v) is 12.8. The molecule has 19 heteroatoms. The molecule has 3 aromatic rings. The molecule has 0 aromatic carbocycles. The number of oxime groups is 1. The average Bonchev–Trinajstić information content (AvgIpc) is 3.57. The number of fused-ring (bicyclic) bond motifs is 2. The van der Waals surface area contributed by atoms with Crippen LogP contribution >= 0.6 is 34.7 Å². The molecule has 1 fully saturated rings. The van der Waals surface area contributed by atoms with Crippen molar-refractivity contribution >= 4 is 80.5 Å². The number of β-lactam (4-membered cyclic amide) rings is 1. The number of thiazole rings is 1. The summed E-state index contributed by atoms with van der Waals surface area (Å²) in [5, 5.41) is 30.0. The van der Waals surface area contributed by atoms with E-state index in [1.807, 2.05) is 28.3 Å². The number of thioether (sulfide) groups is 1. The summed E-state index contributed by atoms with van der Waals surface area (Å²) in [6.45, 7) is 2.94. The maximum absolute atomic E-state index is 13.3. The van der Waals surface area contributed by atoms with Gasteiger partial charge in [0.05, 0.1) is 17.9 Å². The lowest BCUT2D eigenvalue weighted by atomic mass is 10.0. The number of carbonyl (C=O) groups is 4. The first-order valence-corrected chi connectivity index (χ1v) is 15.8. The summed E-state index contributed by atoms with van der Waals surface area (Å²) in [4.78, 5) is 64.7. The zero-order valence-electron chi connectivity index (χ0n) is 23.9. The highest BCUT2D eigenvalue weighted by Crippen LogP contribution is 2.40. The number of nitrogens with two attached hydrogens (primary N) is 1. The number of nitrogens with zero attached hydrogens (tertiary/aromatic N) is 6. The minimum atomic E-state index is -1.53. The smallest absolute Gasteiger partial charge is 0.349 e. The summed E-state index contributed by atoms with van der Waals surface area (Å²) in [5.41, 5.74) is 6.75. The number of nitrogens with one attached hydrogen (secondary N) is 2. The van der Waals surface area contributed by atoms with Crippen molar-refractivity contribution in [1.29, 1.82) is 0 Å². The van der Waals surface area contributed by atoms with Gasteiger partial charge in [0.15, 0.2) is 10.8 Å². The second kappa shape index (κ2) is 13.4. The number of anilines is 1. The number of rotatable bonds is 13. The van der Waals surface area contributed by atoms with Gasteiger partial charge in [-0.1, -0.05) is 28.1 Å². The maximum Gasteiger partial charge on any atom is 0.349 e. The third kappa shape index (κ3) is 6.44. The molecule has 5 heterocycles. The van der Waals surface area contributed by atoms with Gasteiger partial charge in [-0.25, -0.2) is 14.3 Å². The predicted molar refractivity (Wildman–Crippen MR) is 162 cm³/mol. The highest BCUT2D eigenvalue weighted by molar-refractivity contribution is 8.00. The van der Waals surface area contributed by atoms with E-state index >= 15 is 0 Å². The molecule has 1 saturated heterocycles. The van der Waals surface area contributed by atoms with Crippen molar-refractivity contribution in [3.63, 3.8) is 0 Å². The van der Waals surface area contributed by atoms with Crippen LogP contribution in [0.4, 0.5) is 5.13 Å². The van der Waals surface area contributed by atoms with Gasteiger partial charge < -0.3 is 40.8 Å². The number of aryl methyl sites for hydroxylation is 1. The van der Waals surface area contributed by atoms with Crippen molar-refractivity contribution in [1.82, 2.24) is 30.1 Å². The van der Waals surface area contributed by atoms with Gasteiger partial charge in [-0.05, 0) is 44.1 Å². The number of carboxylic acid groups (broad SMARTS) is 2. The molecule has 2 aliphatic heterocycles. The summed E-state index contributed by atoms with van der Waals surface area (Å²) in [6, 6.07) is 2.64. The minimum absolute atomic E-state index is 0.0104. The first-order valence-electron chi connectivity index (χ1n) is 13.6. The monoisotopic (exact) mass is 677 g/mol. The molecule has 2 amide bonds. The Labute approximate surface area is 268 Å². The lowest BCUT2D eigenvalue weighted by Gasteiger charge is -2.50. The van der Waals surface area contributed by atoms with E-state index in [0.29, 0.717) is 11.2 Å². The SMILES string of the molecule is CNCCCn1cnc2c1ccc[n+]2CC1=C(C(=O)[O-])N2C(=O)[C@@H](NC(=O)/C(=N\O[C@@H](C)C(=O)O)c3nc(N)sc3Cl)C2SC1. The van der Waals surface area contributed by atoms with Gasteiger partial charge in [0.2, 0.25) is 12.4 Å². The van der Waals surface area contributed by atoms with Crippen molar-refractivity contribution in [2.45, 2.75) is 44.0 Å². The van der Waals surface area contributed by atoms with Crippen molar-refractivity contribution < 1.29 is 38.8 Å². The number of nitrogen functional groups attached to an aromatic ring is 1. The number of imidazole rings is 1. The fourth-order valence-corrected chi connectivity index (χ4v) is 7.12. The van der Waals surface area contributed by atoms with Gasteiger partial charge in [-0.2, -0.15) is 0 Å². The Hall–Kier alpha value is -4.26. The predicted octanol–water partition coefficient (Wildman–Crippen LogP) is -1.08.